The number of benzene rings is 1. The van der Waals surface area contributed by atoms with Crippen LogP contribution in [0.4, 0.5) is 0 Å². The van der Waals surface area contributed by atoms with Crippen LogP contribution in [0.1, 0.15) is 121 Å². The summed E-state index contributed by atoms with van der Waals surface area (Å²) in [5, 5.41) is 0. The van der Waals surface area contributed by atoms with Gasteiger partial charge in [-0.15, -0.1) is 11.8 Å². The number of fused-ring (bicyclic) bond motifs is 1. The summed E-state index contributed by atoms with van der Waals surface area (Å²) in [4.78, 5) is 22.0. The SMILES string of the molecule is CCCCCCc1cc2c(cc1C#Cc1cnc(CCCCC(=O)OCC)cn1)C(C)(C)CC(C)(C)S2. The maximum absolute atomic E-state index is 11.5. The predicted molar refractivity (Wildman–Crippen MR) is 154 cm³/mol. The van der Waals surface area contributed by atoms with Gasteiger partial charge in [-0.1, -0.05) is 59.8 Å². The van der Waals surface area contributed by atoms with E-state index in [2.05, 4.69) is 68.6 Å². The van der Waals surface area contributed by atoms with Crippen molar-refractivity contribution in [2.75, 3.05) is 6.61 Å². The van der Waals surface area contributed by atoms with E-state index < -0.39 is 0 Å². The van der Waals surface area contributed by atoms with E-state index >= 15 is 0 Å². The number of rotatable bonds is 11. The summed E-state index contributed by atoms with van der Waals surface area (Å²) >= 11 is 2.01. The quantitative estimate of drug-likeness (QED) is 0.172. The number of hydrogen-bond donors (Lipinski definition) is 0. The Hall–Kier alpha value is -2.32. The number of carbonyl (C=O) groups is 1. The van der Waals surface area contributed by atoms with Crippen molar-refractivity contribution in [1.82, 2.24) is 9.97 Å². The third-order valence-electron chi connectivity index (χ3n) is 6.89. The van der Waals surface area contributed by atoms with Gasteiger partial charge in [0.25, 0.3) is 0 Å². The fourth-order valence-electron chi connectivity index (χ4n) is 5.28. The van der Waals surface area contributed by atoms with Gasteiger partial charge in [0.05, 0.1) is 18.5 Å². The standard InChI is InChI=1S/C32H44N2O2S/c1-7-9-10-11-14-24-20-29-28(31(3,4)23-32(5,6)37-29)19-25(24)17-18-27-22-33-26(21-34-27)15-12-13-16-30(35)36-8-2/h19-22H,7-16,23H2,1-6H3. The largest absolute Gasteiger partial charge is 0.466 e. The molecular weight excluding hydrogens is 476 g/mol. The Morgan fingerprint density at radius 1 is 0.973 bits per heavy atom. The molecule has 0 saturated heterocycles. The molecule has 1 aliphatic rings. The topological polar surface area (TPSA) is 52.1 Å². The van der Waals surface area contributed by atoms with E-state index in [0.29, 0.717) is 18.7 Å². The average molecular weight is 521 g/mol. The second-order valence-electron chi connectivity index (χ2n) is 11.4. The first-order chi connectivity index (χ1) is 17.6. The van der Waals surface area contributed by atoms with E-state index in [4.69, 9.17) is 4.74 Å². The monoisotopic (exact) mass is 520 g/mol. The molecule has 0 N–H and O–H groups in total. The lowest BCUT2D eigenvalue weighted by molar-refractivity contribution is -0.143. The average Bonchev–Trinajstić information content (AvgIpc) is 2.83. The molecule has 200 valence electrons. The van der Waals surface area contributed by atoms with Crippen LogP contribution in [-0.4, -0.2) is 27.3 Å². The van der Waals surface area contributed by atoms with Crippen molar-refractivity contribution in [3.8, 4) is 11.8 Å². The molecule has 0 saturated carbocycles. The summed E-state index contributed by atoms with van der Waals surface area (Å²) in [7, 11) is 0. The smallest absolute Gasteiger partial charge is 0.305 e. The molecule has 0 aliphatic carbocycles. The second kappa shape index (κ2) is 13.5. The van der Waals surface area contributed by atoms with Crippen molar-refractivity contribution in [2.24, 2.45) is 0 Å². The van der Waals surface area contributed by atoms with Crippen LogP contribution >= 0.6 is 11.8 Å². The summed E-state index contributed by atoms with van der Waals surface area (Å²) in [6.45, 7) is 14.0. The molecule has 1 aromatic carbocycles. The zero-order valence-corrected chi connectivity index (χ0v) is 24.5. The molecule has 0 radical (unpaired) electrons. The number of aromatic nitrogens is 2. The van der Waals surface area contributed by atoms with E-state index in [1.165, 1.54) is 41.7 Å². The number of unbranched alkanes of at least 4 members (excludes halogenated alkanes) is 4. The molecule has 0 unspecified atom stereocenters. The molecule has 2 aromatic rings. The Kier molecular flexibility index (Phi) is 10.6. The first kappa shape index (κ1) is 29.2. The van der Waals surface area contributed by atoms with E-state index in [1.807, 2.05) is 24.9 Å². The normalized spacial score (nSPS) is 15.4. The first-order valence-corrected chi connectivity index (χ1v) is 14.8. The Bertz CT molecular complexity index is 1110. The number of ether oxygens (including phenoxy) is 1. The lowest BCUT2D eigenvalue weighted by atomic mass is 9.76. The van der Waals surface area contributed by atoms with Crippen LogP contribution in [-0.2, 0) is 27.8 Å². The van der Waals surface area contributed by atoms with Gasteiger partial charge in [0.15, 0.2) is 0 Å². The van der Waals surface area contributed by atoms with Gasteiger partial charge in [0.1, 0.15) is 5.69 Å². The van der Waals surface area contributed by atoms with Crippen molar-refractivity contribution in [1.29, 1.82) is 0 Å². The minimum Gasteiger partial charge on any atom is -0.466 e. The van der Waals surface area contributed by atoms with Crippen LogP contribution in [0.2, 0.25) is 0 Å². The predicted octanol–water partition coefficient (Wildman–Crippen LogP) is 7.83. The van der Waals surface area contributed by atoms with E-state index in [1.54, 1.807) is 6.20 Å². The summed E-state index contributed by atoms with van der Waals surface area (Å²) in [6, 6.07) is 4.77. The molecule has 1 aliphatic heterocycles. The van der Waals surface area contributed by atoms with Crippen LogP contribution < -0.4 is 0 Å². The van der Waals surface area contributed by atoms with Crippen LogP contribution in [0.3, 0.4) is 0 Å². The minimum absolute atomic E-state index is 0.121. The van der Waals surface area contributed by atoms with E-state index in [0.717, 1.165) is 43.4 Å². The molecule has 3 rings (SSSR count). The third-order valence-corrected chi connectivity index (χ3v) is 8.14. The van der Waals surface area contributed by atoms with Crippen molar-refractivity contribution in [2.45, 2.75) is 121 Å². The number of hydrogen-bond acceptors (Lipinski definition) is 5. The highest BCUT2D eigenvalue weighted by molar-refractivity contribution is 8.00. The van der Waals surface area contributed by atoms with Gasteiger partial charge < -0.3 is 4.74 Å². The van der Waals surface area contributed by atoms with Gasteiger partial charge in [-0.05, 0) is 80.0 Å². The summed E-state index contributed by atoms with van der Waals surface area (Å²) in [5.74, 6) is 6.62. The number of thioether (sulfide) groups is 1. The molecule has 4 nitrogen and oxygen atoms in total. The zero-order chi connectivity index (χ0) is 26.9. The highest BCUT2D eigenvalue weighted by Crippen LogP contribution is 2.51. The highest BCUT2D eigenvalue weighted by Gasteiger charge is 2.38. The molecule has 37 heavy (non-hydrogen) atoms. The van der Waals surface area contributed by atoms with Crippen molar-refractivity contribution < 1.29 is 9.53 Å². The van der Waals surface area contributed by atoms with E-state index in [9.17, 15) is 4.79 Å². The number of nitrogens with zero attached hydrogens (tertiary/aromatic N) is 2. The summed E-state index contributed by atoms with van der Waals surface area (Å²) in [5.41, 5.74) is 5.65. The molecule has 5 heteroatoms. The van der Waals surface area contributed by atoms with Gasteiger partial charge in [-0.25, -0.2) is 4.98 Å². The van der Waals surface area contributed by atoms with Gasteiger partial charge in [-0.2, -0.15) is 0 Å². The van der Waals surface area contributed by atoms with Gasteiger partial charge >= 0.3 is 5.97 Å². The molecule has 1 aromatic heterocycles. The molecule has 0 fully saturated rings. The second-order valence-corrected chi connectivity index (χ2v) is 13.1. The van der Waals surface area contributed by atoms with Crippen molar-refractivity contribution in [3.63, 3.8) is 0 Å². The van der Waals surface area contributed by atoms with Gasteiger partial charge in [-0.3, -0.25) is 9.78 Å². The fraction of sp³-hybridized carbons (Fsp3) is 0.594. The van der Waals surface area contributed by atoms with Crippen LogP contribution in [0.15, 0.2) is 29.4 Å². The maximum atomic E-state index is 11.5. The van der Waals surface area contributed by atoms with Crippen LogP contribution in [0.5, 0.6) is 0 Å². The lowest BCUT2D eigenvalue weighted by Gasteiger charge is -2.42. The Morgan fingerprint density at radius 3 is 2.46 bits per heavy atom. The highest BCUT2D eigenvalue weighted by atomic mass is 32.2. The maximum Gasteiger partial charge on any atom is 0.305 e. The van der Waals surface area contributed by atoms with E-state index in [-0.39, 0.29) is 16.1 Å². The van der Waals surface area contributed by atoms with Crippen LogP contribution in [0.25, 0.3) is 0 Å². The first-order valence-electron chi connectivity index (χ1n) is 14.0. The lowest BCUT2D eigenvalue weighted by Crippen LogP contribution is -2.33. The van der Waals surface area contributed by atoms with Gasteiger partial charge in [0.2, 0.25) is 0 Å². The Morgan fingerprint density at radius 2 is 1.76 bits per heavy atom. The van der Waals surface area contributed by atoms with Crippen LogP contribution in [0, 0.1) is 11.8 Å². The summed E-state index contributed by atoms with van der Waals surface area (Å²) in [6.07, 6.45) is 13.7. The Labute approximate surface area is 228 Å². The number of carbonyl (C=O) groups excluding carboxylic acids is 1. The fourth-order valence-corrected chi connectivity index (χ4v) is 6.96. The molecule has 0 spiro atoms. The summed E-state index contributed by atoms with van der Waals surface area (Å²) < 4.78 is 5.22. The van der Waals surface area contributed by atoms with Crippen molar-refractivity contribution in [3.05, 3.63) is 52.6 Å². The molecule has 2 heterocycles. The zero-order valence-electron chi connectivity index (χ0n) is 23.7. The minimum atomic E-state index is -0.128. The number of esters is 1. The third kappa shape index (κ3) is 8.88. The molecular formula is C32H44N2O2S. The Balaban J connectivity index is 1.75. The molecule has 0 atom stereocenters. The number of aryl methyl sites for hydroxylation is 2. The van der Waals surface area contributed by atoms with Crippen molar-refractivity contribution >= 4 is 17.7 Å². The molecule has 0 amide bonds. The molecule has 0 bridgehead atoms. The van der Waals surface area contributed by atoms with Gasteiger partial charge in [0, 0.05) is 27.8 Å².